The second-order valence-electron chi connectivity index (χ2n) is 8.77. The first-order valence-electron chi connectivity index (χ1n) is 12.4. The van der Waals surface area contributed by atoms with Gasteiger partial charge in [-0.2, -0.15) is 9.78 Å². The molecule has 0 unspecified atom stereocenters. The number of hydrogen-bond donors (Lipinski definition) is 2. The smallest absolute Gasteiger partial charge is 0.293 e. The van der Waals surface area contributed by atoms with Crippen molar-refractivity contribution in [3.05, 3.63) is 96.3 Å². The number of nitrogens with two attached hydrogens (primary N) is 1. The monoisotopic (exact) mass is 792 g/mol. The lowest BCUT2D eigenvalue weighted by Crippen LogP contribution is -2.21. The lowest BCUT2D eigenvalue weighted by molar-refractivity contribution is 0.0947. The van der Waals surface area contributed by atoms with E-state index in [1.807, 2.05) is 18.2 Å². The van der Waals surface area contributed by atoms with E-state index in [0.29, 0.717) is 22.8 Å². The van der Waals surface area contributed by atoms with Gasteiger partial charge in [0.2, 0.25) is 11.6 Å². The number of benzene rings is 3. The van der Waals surface area contributed by atoms with E-state index in [1.165, 1.54) is 30.5 Å². The molecule has 0 aliphatic rings. The summed E-state index contributed by atoms with van der Waals surface area (Å²) >= 11 is 10.5. The minimum Gasteiger partial charge on any atom is -0.496 e. The lowest BCUT2D eigenvalue weighted by atomic mass is 10.1. The molecule has 2 aromatic heterocycles. The van der Waals surface area contributed by atoms with Crippen molar-refractivity contribution in [2.45, 2.75) is 13.2 Å². The highest BCUT2D eigenvalue weighted by Crippen LogP contribution is 2.37. The van der Waals surface area contributed by atoms with E-state index in [9.17, 15) is 9.18 Å². The van der Waals surface area contributed by atoms with Gasteiger partial charge in [-0.1, -0.05) is 21.1 Å². The van der Waals surface area contributed by atoms with E-state index in [0.717, 1.165) is 23.7 Å². The van der Waals surface area contributed by atoms with Crippen molar-refractivity contribution in [1.29, 1.82) is 0 Å². The summed E-state index contributed by atoms with van der Waals surface area (Å²) in [7, 11) is 1.56. The summed E-state index contributed by atoms with van der Waals surface area (Å²) in [5.41, 5.74) is 9.69. The Kier molecular flexibility index (Phi) is 9.86. The lowest BCUT2D eigenvalue weighted by Gasteiger charge is -2.13. The van der Waals surface area contributed by atoms with Crippen molar-refractivity contribution in [2.24, 2.45) is 5.10 Å². The molecule has 0 saturated heterocycles. The van der Waals surface area contributed by atoms with Crippen molar-refractivity contribution >= 4 is 65.7 Å². The normalized spacial score (nSPS) is 11.1. The molecule has 0 spiro atoms. The molecule has 0 aliphatic heterocycles. The van der Waals surface area contributed by atoms with Crippen molar-refractivity contribution in [1.82, 2.24) is 30.7 Å². The van der Waals surface area contributed by atoms with Gasteiger partial charge in [0.25, 0.3) is 5.91 Å². The molecular weight excluding hydrogens is 775 g/mol. The Morgan fingerprint density at radius 2 is 1.82 bits per heavy atom. The number of nitrogens with one attached hydrogen (secondary N) is 1. The molecule has 13 nitrogen and oxygen atoms in total. The number of nitrogen functional groups attached to an aromatic ring is 1. The van der Waals surface area contributed by atoms with Crippen LogP contribution in [0.25, 0.3) is 5.82 Å². The molecule has 0 radical (unpaired) electrons. The number of methoxy groups -OCH3 is 1. The van der Waals surface area contributed by atoms with Gasteiger partial charge in [-0.25, -0.2) is 14.4 Å². The van der Waals surface area contributed by atoms with E-state index >= 15 is 0 Å². The molecule has 5 rings (SSSR count). The first-order valence-corrected chi connectivity index (χ1v) is 14.8. The maximum atomic E-state index is 13.3. The summed E-state index contributed by atoms with van der Waals surface area (Å²) in [5, 5.41) is 19.2. The third-order valence-electron chi connectivity index (χ3n) is 5.88. The molecule has 0 bridgehead atoms. The van der Waals surface area contributed by atoms with Crippen LogP contribution in [0.2, 0.25) is 0 Å². The summed E-state index contributed by atoms with van der Waals surface area (Å²) in [6, 6.07) is 14.4. The average Bonchev–Trinajstić information content (AvgIpc) is 3.62. The van der Waals surface area contributed by atoms with Gasteiger partial charge in [0.05, 0.1) is 22.3 Å². The van der Waals surface area contributed by atoms with Crippen LogP contribution in [-0.2, 0) is 13.2 Å². The minimum absolute atomic E-state index is 0.00735. The van der Waals surface area contributed by atoms with Crippen LogP contribution < -0.4 is 25.4 Å². The predicted octanol–water partition coefficient (Wildman–Crippen LogP) is 5.59. The van der Waals surface area contributed by atoms with E-state index < -0.39 is 11.7 Å². The maximum Gasteiger partial charge on any atom is 0.293 e. The predicted molar refractivity (Wildman–Crippen MR) is 166 cm³/mol. The number of aromatic nitrogens is 5. The van der Waals surface area contributed by atoms with Gasteiger partial charge >= 0.3 is 0 Å². The number of hydrogen-bond acceptors (Lipinski definition) is 11. The standard InChI is InChI=1S/C27H20Br3FN8O5/c1-41-22-7-2-14(8-15(22)12-43-24-19(29)9-16(28)10-20(24)30)11-33-35-27(40)23-21(13-42-18-5-3-17(31)4-6-18)39(38-34-23)26-25(32)36-44-37-26/h2-11H,12-13H2,1H3,(H2,32,36)(H,35,40). The Labute approximate surface area is 273 Å². The van der Waals surface area contributed by atoms with Crippen LogP contribution in [0.15, 0.2) is 77.7 Å². The van der Waals surface area contributed by atoms with Gasteiger partial charge in [0, 0.05) is 10.0 Å². The van der Waals surface area contributed by atoms with Gasteiger partial charge in [0.15, 0.2) is 5.69 Å². The summed E-state index contributed by atoms with van der Waals surface area (Å²) < 4.78 is 38.8. The zero-order valence-electron chi connectivity index (χ0n) is 22.5. The highest BCUT2D eigenvalue weighted by Gasteiger charge is 2.24. The van der Waals surface area contributed by atoms with Crippen LogP contribution in [0.5, 0.6) is 17.2 Å². The Balaban J connectivity index is 1.32. The first kappa shape index (κ1) is 31.1. The number of carbonyl (C=O) groups excluding carboxylic acids is 1. The summed E-state index contributed by atoms with van der Waals surface area (Å²) in [6.07, 6.45) is 1.45. The molecule has 0 saturated carbocycles. The number of ether oxygens (including phenoxy) is 3. The van der Waals surface area contributed by atoms with E-state index in [1.54, 1.807) is 19.2 Å². The molecule has 0 aliphatic carbocycles. The number of amides is 1. The van der Waals surface area contributed by atoms with Gasteiger partial charge in [-0.3, -0.25) is 4.79 Å². The van der Waals surface area contributed by atoms with E-state index in [-0.39, 0.29) is 36.2 Å². The molecule has 44 heavy (non-hydrogen) atoms. The molecule has 2 heterocycles. The quantitative estimate of drug-likeness (QED) is 0.127. The largest absolute Gasteiger partial charge is 0.496 e. The third kappa shape index (κ3) is 7.23. The maximum absolute atomic E-state index is 13.3. The Morgan fingerprint density at radius 3 is 2.50 bits per heavy atom. The molecule has 1 amide bonds. The Bertz CT molecular complexity index is 1810. The van der Waals surface area contributed by atoms with Crippen molar-refractivity contribution in [2.75, 3.05) is 12.8 Å². The van der Waals surface area contributed by atoms with Crippen LogP contribution >= 0.6 is 47.8 Å². The summed E-state index contributed by atoms with van der Waals surface area (Å²) in [6.45, 7) is -0.0135. The second-order valence-corrected chi connectivity index (χ2v) is 11.4. The van der Waals surface area contributed by atoms with Crippen molar-refractivity contribution in [3.8, 4) is 23.1 Å². The van der Waals surface area contributed by atoms with Crippen LogP contribution in [0.3, 0.4) is 0 Å². The van der Waals surface area contributed by atoms with E-state index in [2.05, 4.69) is 83.6 Å². The summed E-state index contributed by atoms with van der Waals surface area (Å²) in [4.78, 5) is 13.1. The number of rotatable bonds is 11. The average molecular weight is 795 g/mol. The van der Waals surface area contributed by atoms with Gasteiger partial charge in [-0.05, 0) is 102 Å². The third-order valence-corrected chi connectivity index (χ3v) is 7.52. The van der Waals surface area contributed by atoms with Gasteiger partial charge in [0.1, 0.15) is 42.0 Å². The highest BCUT2D eigenvalue weighted by atomic mass is 79.9. The van der Waals surface area contributed by atoms with Crippen LogP contribution in [0.1, 0.15) is 27.3 Å². The Hall–Kier alpha value is -4.35. The van der Waals surface area contributed by atoms with Crippen LogP contribution in [0, 0.1) is 5.82 Å². The second kappa shape index (κ2) is 14.0. The molecule has 3 aromatic carbocycles. The van der Waals surface area contributed by atoms with Gasteiger partial charge in [-0.15, -0.1) is 5.10 Å². The number of anilines is 1. The molecular formula is C27H20Br3FN8O5. The highest BCUT2D eigenvalue weighted by molar-refractivity contribution is 9.11. The topological polar surface area (TPSA) is 165 Å². The summed E-state index contributed by atoms with van der Waals surface area (Å²) in [5.74, 6) is 0.383. The number of nitrogens with zero attached hydrogens (tertiary/aromatic N) is 6. The molecule has 226 valence electrons. The van der Waals surface area contributed by atoms with E-state index in [4.69, 9.17) is 19.9 Å². The molecule has 5 aromatic rings. The fourth-order valence-electron chi connectivity index (χ4n) is 3.82. The number of hydrazone groups is 1. The molecule has 0 atom stereocenters. The molecule has 17 heteroatoms. The van der Waals surface area contributed by atoms with Crippen LogP contribution in [-0.4, -0.2) is 44.5 Å². The zero-order chi connectivity index (χ0) is 31.2. The number of carbonyl (C=O) groups is 1. The fraction of sp³-hybridized carbons (Fsp3) is 0.111. The minimum atomic E-state index is -0.692. The van der Waals surface area contributed by atoms with Gasteiger partial charge < -0.3 is 19.9 Å². The van der Waals surface area contributed by atoms with Crippen molar-refractivity contribution < 1.29 is 28.0 Å². The zero-order valence-corrected chi connectivity index (χ0v) is 27.3. The van der Waals surface area contributed by atoms with Crippen LogP contribution in [0.4, 0.5) is 10.2 Å². The number of halogens is 4. The SMILES string of the molecule is COc1ccc(C=NNC(=O)c2nnn(-c3nonc3N)c2COc2ccc(F)cc2)cc1COc1c(Br)cc(Br)cc1Br. The first-order chi connectivity index (χ1) is 21.2. The van der Waals surface area contributed by atoms with Crippen molar-refractivity contribution in [3.63, 3.8) is 0 Å². The molecule has 3 N–H and O–H groups in total. The Morgan fingerprint density at radius 1 is 1.07 bits per heavy atom. The fourth-order valence-corrected chi connectivity index (χ4v) is 6.31. The molecule has 0 fully saturated rings.